The first-order valence-corrected chi connectivity index (χ1v) is 6.22. The van der Waals surface area contributed by atoms with E-state index in [2.05, 4.69) is 0 Å². The predicted octanol–water partition coefficient (Wildman–Crippen LogP) is 1.36. The van der Waals surface area contributed by atoms with Gasteiger partial charge >= 0.3 is 11.9 Å². The molecular formula is C15H11NO4. The number of rotatable bonds is 2. The van der Waals surface area contributed by atoms with Crippen LogP contribution < -0.4 is 0 Å². The maximum Gasteiger partial charge on any atom is 0.344 e. The summed E-state index contributed by atoms with van der Waals surface area (Å²) in [6, 6.07) is 7.26. The lowest BCUT2D eigenvalue weighted by Gasteiger charge is -2.21. The zero-order valence-corrected chi connectivity index (χ0v) is 10.8. The second-order valence-corrected chi connectivity index (χ2v) is 4.35. The van der Waals surface area contributed by atoms with Crippen molar-refractivity contribution in [3.05, 3.63) is 47.2 Å². The summed E-state index contributed by atoms with van der Waals surface area (Å²) in [4.78, 5) is 37.1. The number of carbonyl (C=O) groups is 3. The van der Waals surface area contributed by atoms with Crippen LogP contribution in [0.3, 0.4) is 0 Å². The van der Waals surface area contributed by atoms with Crippen molar-refractivity contribution in [1.29, 1.82) is 0 Å². The fourth-order valence-electron chi connectivity index (χ4n) is 2.36. The van der Waals surface area contributed by atoms with Crippen LogP contribution in [0.5, 0.6) is 0 Å². The van der Waals surface area contributed by atoms with Gasteiger partial charge in [0.25, 0.3) is 5.78 Å². The molecule has 0 spiro atoms. The summed E-state index contributed by atoms with van der Waals surface area (Å²) in [5, 5.41) is 0. The van der Waals surface area contributed by atoms with Gasteiger partial charge in [-0.3, -0.25) is 14.5 Å². The molecule has 1 amide bonds. The number of carbonyl (C=O) groups excluding carboxylic acids is 3. The molecule has 0 bridgehead atoms. The van der Waals surface area contributed by atoms with Gasteiger partial charge in [0.15, 0.2) is 0 Å². The molecule has 1 aromatic rings. The molecule has 0 aromatic heterocycles. The second-order valence-electron chi connectivity index (χ2n) is 4.35. The van der Waals surface area contributed by atoms with Crippen LogP contribution in [0.4, 0.5) is 0 Å². The summed E-state index contributed by atoms with van der Waals surface area (Å²) < 4.78 is 4.89. The summed E-state index contributed by atoms with van der Waals surface area (Å²) >= 11 is 0. The number of Topliss-reactive ketones (excluding diaryl/α,β-unsaturated/α-hetero) is 1. The number of ether oxygens (including phenoxy) is 1. The number of amides is 1. The molecular weight excluding hydrogens is 258 g/mol. The van der Waals surface area contributed by atoms with Gasteiger partial charge < -0.3 is 4.74 Å². The summed E-state index contributed by atoms with van der Waals surface area (Å²) in [6.45, 7) is 1.80. The van der Waals surface area contributed by atoms with Crippen LogP contribution in [0.1, 0.15) is 18.1 Å². The molecule has 1 aromatic carbocycles. The molecule has 0 atom stereocenters. The van der Waals surface area contributed by atoms with E-state index in [0.717, 1.165) is 5.56 Å². The normalized spacial score (nSPS) is 16.4. The van der Waals surface area contributed by atoms with Crippen LogP contribution in [-0.2, 0) is 19.1 Å². The van der Waals surface area contributed by atoms with Crippen molar-refractivity contribution in [2.24, 2.45) is 0 Å². The molecule has 20 heavy (non-hydrogen) atoms. The van der Waals surface area contributed by atoms with Crippen molar-refractivity contribution in [1.82, 2.24) is 4.90 Å². The van der Waals surface area contributed by atoms with Gasteiger partial charge in [-0.25, -0.2) is 4.79 Å². The van der Waals surface area contributed by atoms with Crippen molar-refractivity contribution in [3.8, 4) is 0 Å². The van der Waals surface area contributed by atoms with E-state index in [4.69, 9.17) is 4.74 Å². The van der Waals surface area contributed by atoms with Crippen molar-refractivity contribution in [2.75, 3.05) is 6.61 Å². The molecule has 0 saturated carbocycles. The molecule has 0 N–H and O–H groups in total. The fourth-order valence-corrected chi connectivity index (χ4v) is 2.36. The van der Waals surface area contributed by atoms with Crippen molar-refractivity contribution < 1.29 is 19.1 Å². The Bertz CT molecular complexity index is 700. The van der Waals surface area contributed by atoms with Gasteiger partial charge in [0, 0.05) is 11.8 Å². The minimum atomic E-state index is -0.820. The summed E-state index contributed by atoms with van der Waals surface area (Å²) in [6.07, 6.45) is 3.24. The van der Waals surface area contributed by atoms with Gasteiger partial charge in [0.2, 0.25) is 0 Å². The number of ketones is 1. The highest BCUT2D eigenvalue weighted by Gasteiger charge is 2.43. The Hall–Kier alpha value is -2.69. The van der Waals surface area contributed by atoms with Crippen LogP contribution >= 0.6 is 0 Å². The first kappa shape index (κ1) is 12.3. The van der Waals surface area contributed by atoms with Crippen LogP contribution in [0.2, 0.25) is 0 Å². The van der Waals surface area contributed by atoms with E-state index < -0.39 is 17.7 Å². The molecule has 2 heterocycles. The number of fused-ring (bicyclic) bond motifs is 3. The van der Waals surface area contributed by atoms with Gasteiger partial charge in [0.05, 0.1) is 12.3 Å². The van der Waals surface area contributed by atoms with Gasteiger partial charge in [-0.2, -0.15) is 0 Å². The SMILES string of the molecule is CCOC(=O)C1=C2c3ccccc3C=CN2C(=O)C1=O. The predicted molar refractivity (Wildman–Crippen MR) is 70.9 cm³/mol. The molecule has 0 unspecified atom stereocenters. The largest absolute Gasteiger partial charge is 0.462 e. The number of nitrogens with zero attached hydrogens (tertiary/aromatic N) is 1. The van der Waals surface area contributed by atoms with E-state index >= 15 is 0 Å². The fraction of sp³-hybridized carbons (Fsp3) is 0.133. The highest BCUT2D eigenvalue weighted by atomic mass is 16.5. The summed E-state index contributed by atoms with van der Waals surface area (Å²) in [5.74, 6) is -2.30. The average Bonchev–Trinajstić information content (AvgIpc) is 2.72. The molecule has 100 valence electrons. The molecule has 0 fully saturated rings. The van der Waals surface area contributed by atoms with Gasteiger partial charge in [0.1, 0.15) is 5.57 Å². The van der Waals surface area contributed by atoms with Gasteiger partial charge in [-0.05, 0) is 18.6 Å². The monoisotopic (exact) mass is 269 g/mol. The van der Waals surface area contributed by atoms with E-state index in [9.17, 15) is 14.4 Å². The van der Waals surface area contributed by atoms with E-state index in [1.807, 2.05) is 12.1 Å². The molecule has 5 heteroatoms. The lowest BCUT2D eigenvalue weighted by molar-refractivity contribution is -0.143. The van der Waals surface area contributed by atoms with E-state index in [1.54, 1.807) is 25.1 Å². The Morgan fingerprint density at radius 2 is 2.00 bits per heavy atom. The maximum absolute atomic E-state index is 12.0. The Labute approximate surface area is 115 Å². The van der Waals surface area contributed by atoms with Crippen LogP contribution in [0.25, 0.3) is 11.8 Å². The molecule has 5 nitrogen and oxygen atoms in total. The van der Waals surface area contributed by atoms with Crippen LogP contribution in [0.15, 0.2) is 36.0 Å². The second kappa shape index (κ2) is 4.45. The number of esters is 1. The Kier molecular flexibility index (Phi) is 2.75. The third kappa shape index (κ3) is 1.60. The minimum absolute atomic E-state index is 0.147. The molecule has 2 aliphatic heterocycles. The van der Waals surface area contributed by atoms with Crippen LogP contribution in [-0.4, -0.2) is 29.2 Å². The molecule has 0 radical (unpaired) electrons. The van der Waals surface area contributed by atoms with E-state index in [1.165, 1.54) is 11.1 Å². The Balaban J connectivity index is 2.24. The van der Waals surface area contributed by atoms with E-state index in [0.29, 0.717) is 11.3 Å². The summed E-state index contributed by atoms with van der Waals surface area (Å²) in [7, 11) is 0. The first-order chi connectivity index (χ1) is 9.65. The third-order valence-electron chi connectivity index (χ3n) is 3.22. The third-order valence-corrected chi connectivity index (χ3v) is 3.22. The van der Waals surface area contributed by atoms with Crippen LogP contribution in [0, 0.1) is 0 Å². The molecule has 2 aliphatic rings. The summed E-state index contributed by atoms with van der Waals surface area (Å²) in [5.41, 5.74) is 1.66. The molecule has 0 saturated heterocycles. The average molecular weight is 269 g/mol. The molecule has 3 rings (SSSR count). The lowest BCUT2D eigenvalue weighted by atomic mass is 9.99. The topological polar surface area (TPSA) is 63.7 Å². The zero-order chi connectivity index (χ0) is 14.3. The maximum atomic E-state index is 12.0. The minimum Gasteiger partial charge on any atom is -0.462 e. The van der Waals surface area contributed by atoms with Crippen molar-refractivity contribution in [2.45, 2.75) is 6.92 Å². The number of hydrogen-bond acceptors (Lipinski definition) is 4. The van der Waals surface area contributed by atoms with E-state index in [-0.39, 0.29) is 12.2 Å². The van der Waals surface area contributed by atoms with Gasteiger partial charge in [-0.15, -0.1) is 0 Å². The number of hydrogen-bond donors (Lipinski definition) is 0. The Morgan fingerprint density at radius 1 is 1.25 bits per heavy atom. The first-order valence-electron chi connectivity index (χ1n) is 6.22. The quantitative estimate of drug-likeness (QED) is 0.462. The number of benzene rings is 1. The van der Waals surface area contributed by atoms with Gasteiger partial charge in [-0.1, -0.05) is 24.3 Å². The smallest absolute Gasteiger partial charge is 0.344 e. The highest BCUT2D eigenvalue weighted by molar-refractivity contribution is 6.54. The highest BCUT2D eigenvalue weighted by Crippen LogP contribution is 2.36. The zero-order valence-electron chi connectivity index (χ0n) is 10.8. The van der Waals surface area contributed by atoms with Crippen molar-refractivity contribution in [3.63, 3.8) is 0 Å². The molecule has 0 aliphatic carbocycles. The van der Waals surface area contributed by atoms with Crippen molar-refractivity contribution >= 4 is 29.4 Å². The lowest BCUT2D eigenvalue weighted by Crippen LogP contribution is -2.25. The Morgan fingerprint density at radius 3 is 2.75 bits per heavy atom. The standard InChI is InChI=1S/C15H11NO4/c1-2-20-15(19)11-12-10-6-4-3-5-9(10)7-8-16(12)14(18)13(11)17/h3-8H,2H2,1H3.